The maximum absolute atomic E-state index is 11.7. The fourth-order valence-electron chi connectivity index (χ4n) is 3.54. The fraction of sp³-hybridized carbons (Fsp3) is 0.933. The van der Waals surface area contributed by atoms with Crippen molar-refractivity contribution in [1.82, 2.24) is 0 Å². The van der Waals surface area contributed by atoms with Crippen molar-refractivity contribution in [2.24, 2.45) is 23.5 Å². The number of aliphatic hydroxyl groups excluding tert-OH is 1. The molecule has 5 atom stereocenters. The number of aliphatic hydroxyl groups is 1. The van der Waals surface area contributed by atoms with Crippen molar-refractivity contribution in [3.63, 3.8) is 0 Å². The van der Waals surface area contributed by atoms with Gasteiger partial charge in [0.15, 0.2) is 0 Å². The Morgan fingerprint density at radius 3 is 2.33 bits per heavy atom. The number of hydrogen-bond donors (Lipinski definition) is 2. The minimum absolute atomic E-state index is 0. The first kappa shape index (κ1) is 21.8. The van der Waals surface area contributed by atoms with Gasteiger partial charge in [0, 0.05) is 50.1 Å². The molecule has 0 heterocycles. The topological polar surface area (TPSA) is 96.3 Å². The number of rotatable bonds is 7. The molecule has 5 nitrogen and oxygen atoms in total. The van der Waals surface area contributed by atoms with Crippen LogP contribution in [0.1, 0.15) is 46.0 Å². The van der Waals surface area contributed by atoms with E-state index in [4.69, 9.17) is 16.2 Å². The van der Waals surface area contributed by atoms with Crippen LogP contribution in [0.5, 0.6) is 0 Å². The Balaban J connectivity index is 0.00000400. The fourth-order valence-corrected chi connectivity index (χ4v) is 3.54. The minimum atomic E-state index is -0.851. The number of esters is 1. The summed E-state index contributed by atoms with van der Waals surface area (Å²) in [6, 6.07) is -0.706. The van der Waals surface area contributed by atoms with Gasteiger partial charge in [-0.3, -0.25) is 4.79 Å². The Morgan fingerprint density at radius 2 is 1.90 bits per heavy atom. The molecule has 0 aromatic heterocycles. The molecule has 0 bridgehead atoms. The zero-order valence-corrected chi connectivity index (χ0v) is 18.2. The van der Waals surface area contributed by atoms with Crippen LogP contribution < -0.4 is 5.73 Å². The van der Waals surface area contributed by atoms with Crippen LogP contribution in [0.15, 0.2) is 0 Å². The second-order valence-electron chi connectivity index (χ2n) is 5.96. The van der Waals surface area contributed by atoms with Crippen molar-refractivity contribution in [3.8, 4) is 0 Å². The summed E-state index contributed by atoms with van der Waals surface area (Å²) in [5.41, 5.74) is 14.6. The van der Waals surface area contributed by atoms with Gasteiger partial charge >= 0.3 is 5.97 Å². The summed E-state index contributed by atoms with van der Waals surface area (Å²) < 4.78 is 4.72. The van der Waals surface area contributed by atoms with Crippen LogP contribution in [-0.2, 0) is 9.53 Å². The third-order valence-electron chi connectivity index (χ3n) is 4.57. The molecular weight excluding hydrogens is 483 g/mol. The maximum Gasteiger partial charge on any atom is 0.311 e. The molecule has 1 aliphatic rings. The summed E-state index contributed by atoms with van der Waals surface area (Å²) in [5, 5.41) is 10.4. The Hall–Kier alpha value is 0.792. The molecule has 1 rings (SSSR count). The molecule has 1 aliphatic carbocycles. The summed E-state index contributed by atoms with van der Waals surface area (Å²) >= 11 is 0. The average Bonchev–Trinajstić information content (AvgIpc) is 2.72. The molecule has 0 aromatic carbocycles. The molecule has 121 valence electrons. The third-order valence-corrected chi connectivity index (χ3v) is 4.57. The van der Waals surface area contributed by atoms with E-state index in [-0.39, 0.29) is 61.9 Å². The van der Waals surface area contributed by atoms with Gasteiger partial charge in [0.25, 0.3) is 0 Å². The quantitative estimate of drug-likeness (QED) is 0.511. The van der Waals surface area contributed by atoms with Crippen molar-refractivity contribution in [1.29, 1.82) is 0 Å². The summed E-state index contributed by atoms with van der Waals surface area (Å²) in [5.74, 6) is -1.07. The second kappa shape index (κ2) is 10.5. The number of hydrogen-bond acceptors (Lipinski definition) is 4. The Morgan fingerprint density at radius 1 is 1.38 bits per heavy atom. The smallest absolute Gasteiger partial charge is 0.311 e. The largest absolute Gasteiger partial charge is 0.674 e. The van der Waals surface area contributed by atoms with E-state index < -0.39 is 24.0 Å². The van der Waals surface area contributed by atoms with Gasteiger partial charge in [0.05, 0.1) is 19.1 Å². The van der Waals surface area contributed by atoms with Gasteiger partial charge < -0.3 is 21.3 Å². The van der Waals surface area contributed by atoms with Gasteiger partial charge in [-0.15, -0.1) is 6.04 Å². The van der Waals surface area contributed by atoms with Crippen LogP contribution in [0.3, 0.4) is 0 Å². The molecule has 0 spiro atoms. The molecule has 0 aromatic rings. The molecule has 4 N–H and O–H groups in total. The second-order valence-corrected chi connectivity index (χ2v) is 5.96. The first-order valence-electron chi connectivity index (χ1n) is 7.70. The molecule has 1 saturated carbocycles. The average molecular weight is 512 g/mol. The van der Waals surface area contributed by atoms with E-state index >= 15 is 0 Å². The maximum atomic E-state index is 11.7. The van der Waals surface area contributed by atoms with E-state index in [2.05, 4.69) is 13.8 Å². The summed E-state index contributed by atoms with van der Waals surface area (Å²) in [6.07, 6.45) is 3.56. The molecule has 1 fully saturated rings. The predicted molar refractivity (Wildman–Crippen MR) is 79.0 cm³/mol. The number of carbonyl (C=O) groups is 1. The molecule has 6 heteroatoms. The van der Waals surface area contributed by atoms with Crippen molar-refractivity contribution < 1.29 is 58.7 Å². The molecule has 1 radical (unpaired) electrons. The number of carbonyl (C=O) groups excluding carboxylic acids is 1. The van der Waals surface area contributed by atoms with Crippen LogP contribution in [0.25, 0.3) is 5.73 Å². The van der Waals surface area contributed by atoms with Crippen LogP contribution >= 0.6 is 0 Å². The monoisotopic (exact) mass is 512 g/mol. The first-order chi connectivity index (χ1) is 9.47. The van der Waals surface area contributed by atoms with E-state index in [0.29, 0.717) is 6.42 Å². The van der Waals surface area contributed by atoms with Gasteiger partial charge in [-0.25, -0.2) is 0 Å². The van der Waals surface area contributed by atoms with Crippen molar-refractivity contribution in [3.05, 3.63) is 5.73 Å². The van der Waals surface area contributed by atoms with Crippen LogP contribution in [0.4, 0.5) is 0 Å². The van der Waals surface area contributed by atoms with Crippen LogP contribution in [0, 0.1) is 61.8 Å². The summed E-state index contributed by atoms with van der Waals surface area (Å²) in [4.78, 5) is 11.7. The molecular formula is C15H29AcN2O3-. The zero-order valence-electron chi connectivity index (χ0n) is 13.4. The van der Waals surface area contributed by atoms with Crippen LogP contribution in [0.2, 0.25) is 0 Å². The third kappa shape index (κ3) is 5.42. The van der Waals surface area contributed by atoms with E-state index in [1.807, 2.05) is 0 Å². The van der Waals surface area contributed by atoms with Gasteiger partial charge in [-0.1, -0.05) is 45.4 Å². The SMILES string of the molecule is CCCC(CCC)C([NH-])[C@@H]1[C@H](O)[C@@H](C(=O)OC)C[C@H]1N.[Ac]. The first-order valence-corrected chi connectivity index (χ1v) is 7.70. The van der Waals surface area contributed by atoms with E-state index in [1.54, 1.807) is 0 Å². The Kier molecular flexibility index (Phi) is 10.9. The summed E-state index contributed by atoms with van der Waals surface area (Å²) in [6.45, 7) is 4.22. The number of nitrogens with two attached hydrogens (primary N) is 1. The predicted octanol–water partition coefficient (Wildman–Crippen LogP) is 2.12. The molecule has 0 amide bonds. The van der Waals surface area contributed by atoms with E-state index in [9.17, 15) is 9.90 Å². The normalized spacial score (nSPS) is 30.0. The standard InChI is InChI=1S/C15H29N2O3.Ac/c1-4-6-9(7-5-2)13(17)12-11(16)8-10(14(12)18)15(19)20-3;/h9-14,17-18H,4-8,16H2,1-3H3;/q-1;/t10-,11+,12+,13?,14+;/m0./s1. The number of ether oxygens (including phenoxy) is 1. The van der Waals surface area contributed by atoms with Crippen molar-refractivity contribution in [2.75, 3.05) is 7.11 Å². The number of methoxy groups -OCH3 is 1. The minimum Gasteiger partial charge on any atom is -0.674 e. The van der Waals surface area contributed by atoms with Gasteiger partial charge in [0.1, 0.15) is 0 Å². The Labute approximate surface area is 164 Å². The van der Waals surface area contributed by atoms with Gasteiger partial charge in [-0.2, -0.15) is 0 Å². The van der Waals surface area contributed by atoms with Crippen molar-refractivity contribution in [2.45, 2.75) is 64.1 Å². The Bertz CT molecular complexity index is 311. The zero-order chi connectivity index (χ0) is 15.3. The van der Waals surface area contributed by atoms with Gasteiger partial charge in [-0.05, 0) is 12.3 Å². The summed E-state index contributed by atoms with van der Waals surface area (Å²) in [7, 11) is 1.32. The molecule has 1 unspecified atom stereocenters. The van der Waals surface area contributed by atoms with E-state index in [1.165, 1.54) is 7.11 Å². The van der Waals surface area contributed by atoms with Gasteiger partial charge in [0.2, 0.25) is 0 Å². The molecule has 21 heavy (non-hydrogen) atoms. The van der Waals surface area contributed by atoms with E-state index in [0.717, 1.165) is 25.7 Å². The molecule has 0 aliphatic heterocycles. The molecule has 0 saturated heterocycles. The number of nitrogens with one attached hydrogen (secondary N) is 1. The van der Waals surface area contributed by atoms with Crippen LogP contribution in [-0.4, -0.2) is 36.4 Å². The van der Waals surface area contributed by atoms with Crippen molar-refractivity contribution >= 4 is 5.97 Å².